The van der Waals surface area contributed by atoms with E-state index in [2.05, 4.69) is 52.0 Å². The van der Waals surface area contributed by atoms with Gasteiger partial charge in [0.2, 0.25) is 0 Å². The maximum absolute atomic E-state index is 17.0. The minimum Gasteiger partial charge on any atom is -0.496 e. The van der Waals surface area contributed by atoms with E-state index in [1.54, 1.807) is 28.4 Å². The maximum atomic E-state index is 17.0. The van der Waals surface area contributed by atoms with Crippen LogP contribution < -0.4 is 18.9 Å². The molecule has 0 fully saturated rings. The van der Waals surface area contributed by atoms with E-state index in [0.717, 1.165) is 28.7 Å². The topological polar surface area (TPSA) is 54.0 Å². The molecule has 4 aromatic carbocycles. The van der Waals surface area contributed by atoms with Crippen LogP contribution in [0.1, 0.15) is 67.7 Å². The molecule has 4 aromatic rings. The summed E-state index contributed by atoms with van der Waals surface area (Å²) >= 11 is 0. The fourth-order valence-corrected chi connectivity index (χ4v) is 11.4. The summed E-state index contributed by atoms with van der Waals surface area (Å²) in [6.07, 6.45) is 1.39. The van der Waals surface area contributed by atoms with Crippen LogP contribution >= 0.6 is 7.14 Å². The van der Waals surface area contributed by atoms with E-state index < -0.39 is 18.5 Å². The van der Waals surface area contributed by atoms with Crippen LogP contribution in [-0.4, -0.2) is 34.6 Å². The number of hydrogen-bond acceptors (Lipinski definition) is 5. The zero-order valence-electron chi connectivity index (χ0n) is 27.4. The zero-order valence-corrected chi connectivity index (χ0v) is 28.3. The van der Waals surface area contributed by atoms with Crippen LogP contribution in [-0.2, 0) is 4.57 Å². The molecule has 0 N–H and O–H groups in total. The normalized spacial score (nSPS) is 15.0. The molecular formula is C38H47O5P. The van der Waals surface area contributed by atoms with E-state index in [4.69, 9.17) is 18.9 Å². The van der Waals surface area contributed by atoms with Crippen LogP contribution in [0, 0.1) is 11.3 Å². The lowest BCUT2D eigenvalue weighted by molar-refractivity contribution is 0.320. The van der Waals surface area contributed by atoms with Crippen molar-refractivity contribution in [3.8, 4) is 23.0 Å². The molecule has 4 rings (SSSR count). The molecule has 234 valence electrons. The first-order valence-electron chi connectivity index (χ1n) is 15.2. The second-order valence-corrected chi connectivity index (χ2v) is 15.8. The van der Waals surface area contributed by atoms with Crippen LogP contribution in [0.5, 0.6) is 23.0 Å². The average Bonchev–Trinajstić information content (AvgIpc) is 3.01. The molecule has 0 aromatic heterocycles. The predicted molar refractivity (Wildman–Crippen MR) is 181 cm³/mol. The quantitative estimate of drug-likeness (QED) is 0.140. The Morgan fingerprint density at radius 1 is 0.568 bits per heavy atom. The van der Waals surface area contributed by atoms with Crippen LogP contribution in [0.15, 0.2) is 97.1 Å². The highest BCUT2D eigenvalue weighted by Crippen LogP contribution is 2.76. The number of rotatable bonds is 13. The first-order chi connectivity index (χ1) is 21.1. The minimum atomic E-state index is -3.45. The third-order valence-electron chi connectivity index (χ3n) is 8.14. The van der Waals surface area contributed by atoms with Crippen LogP contribution in [0.2, 0.25) is 0 Å². The van der Waals surface area contributed by atoms with Crippen molar-refractivity contribution in [2.45, 2.75) is 45.4 Å². The Hall–Kier alpha value is -3.69. The lowest BCUT2D eigenvalue weighted by Gasteiger charge is -2.39. The monoisotopic (exact) mass is 614 g/mol. The molecule has 0 saturated heterocycles. The first-order valence-corrected chi connectivity index (χ1v) is 17.2. The van der Waals surface area contributed by atoms with Crippen LogP contribution in [0.25, 0.3) is 0 Å². The van der Waals surface area contributed by atoms with Crippen molar-refractivity contribution in [1.29, 1.82) is 0 Å². The fourth-order valence-electron chi connectivity index (χ4n) is 6.80. The van der Waals surface area contributed by atoms with Crippen molar-refractivity contribution in [1.82, 2.24) is 0 Å². The summed E-state index contributed by atoms with van der Waals surface area (Å²) in [5.74, 6) is 2.70. The van der Waals surface area contributed by atoms with Gasteiger partial charge in [0.05, 0.1) is 50.9 Å². The van der Waals surface area contributed by atoms with E-state index in [0.29, 0.717) is 29.2 Å². The van der Waals surface area contributed by atoms with E-state index in [1.165, 1.54) is 0 Å². The van der Waals surface area contributed by atoms with Crippen LogP contribution in [0.4, 0.5) is 0 Å². The van der Waals surface area contributed by atoms with Gasteiger partial charge in [-0.3, -0.25) is 0 Å². The van der Waals surface area contributed by atoms with Gasteiger partial charge in [-0.2, -0.15) is 0 Å². The van der Waals surface area contributed by atoms with Crippen molar-refractivity contribution in [3.63, 3.8) is 0 Å². The molecule has 0 spiro atoms. The Kier molecular flexibility index (Phi) is 10.9. The maximum Gasteiger partial charge on any atom is 0.126 e. The van der Waals surface area contributed by atoms with Crippen molar-refractivity contribution in [2.24, 2.45) is 11.3 Å². The van der Waals surface area contributed by atoms with Gasteiger partial charge < -0.3 is 23.5 Å². The highest BCUT2D eigenvalue weighted by Gasteiger charge is 2.48. The highest BCUT2D eigenvalue weighted by atomic mass is 31.2. The molecule has 0 saturated carbocycles. The summed E-state index contributed by atoms with van der Waals surface area (Å²) in [4.78, 5) is 0. The molecule has 0 bridgehead atoms. The first kappa shape index (κ1) is 33.2. The molecule has 0 heterocycles. The molecule has 0 radical (unpaired) electrons. The van der Waals surface area contributed by atoms with E-state index in [-0.39, 0.29) is 11.3 Å². The largest absolute Gasteiger partial charge is 0.496 e. The van der Waals surface area contributed by atoms with Gasteiger partial charge in [0.15, 0.2) is 0 Å². The van der Waals surface area contributed by atoms with Crippen molar-refractivity contribution in [3.05, 3.63) is 119 Å². The smallest absolute Gasteiger partial charge is 0.126 e. The lowest BCUT2D eigenvalue weighted by atomic mass is 9.86. The van der Waals surface area contributed by atoms with Crippen molar-refractivity contribution in [2.75, 3.05) is 34.6 Å². The number of hydrogen-bond donors (Lipinski definition) is 0. The Balaban J connectivity index is 2.19. The van der Waals surface area contributed by atoms with E-state index in [1.807, 2.05) is 72.8 Å². The standard InChI is InChI=1S/C38H47O5P/c1-27(25-38(2,3)4)26-44(39,36(28-17-11-9-12-18-28)34-30(40-5)21-15-22-31(34)41-6)37(29-19-13-10-14-20-29)35-32(42-7)23-16-24-33(35)43-8/h9-24,27,36-37H,25-26H2,1-8H3. The molecule has 3 atom stereocenters. The van der Waals surface area contributed by atoms with Gasteiger partial charge >= 0.3 is 0 Å². The van der Waals surface area contributed by atoms with E-state index in [9.17, 15) is 0 Å². The molecule has 6 heteroatoms. The third kappa shape index (κ3) is 7.16. The Bertz CT molecular complexity index is 1400. The van der Waals surface area contributed by atoms with Gasteiger partial charge in [-0.15, -0.1) is 0 Å². The number of methoxy groups -OCH3 is 4. The molecular weight excluding hydrogens is 567 g/mol. The van der Waals surface area contributed by atoms with Gasteiger partial charge in [0.25, 0.3) is 0 Å². The molecule has 44 heavy (non-hydrogen) atoms. The van der Waals surface area contributed by atoms with Gasteiger partial charge in [-0.1, -0.05) is 100 Å². The van der Waals surface area contributed by atoms with Crippen molar-refractivity contribution < 1.29 is 23.5 Å². The number of ether oxygens (including phenoxy) is 4. The SMILES string of the molecule is COc1cccc(OC)c1C(c1ccccc1)P(=O)(CC(C)CC(C)(C)C)C(c1ccccc1)c1c(OC)cccc1OC. The Morgan fingerprint density at radius 3 is 1.20 bits per heavy atom. The van der Waals surface area contributed by atoms with Crippen LogP contribution in [0.3, 0.4) is 0 Å². The summed E-state index contributed by atoms with van der Waals surface area (Å²) in [6.45, 7) is 8.94. The van der Waals surface area contributed by atoms with Gasteiger partial charge in [0.1, 0.15) is 30.1 Å². The van der Waals surface area contributed by atoms with Gasteiger partial charge in [-0.25, -0.2) is 0 Å². The fraction of sp³-hybridized carbons (Fsp3) is 0.368. The third-order valence-corrected chi connectivity index (χ3v) is 12.2. The minimum absolute atomic E-state index is 0.0546. The molecule has 0 aliphatic rings. The molecule has 0 amide bonds. The predicted octanol–water partition coefficient (Wildman–Crippen LogP) is 10.0. The van der Waals surface area contributed by atoms with E-state index >= 15 is 4.57 Å². The highest BCUT2D eigenvalue weighted by molar-refractivity contribution is 7.65. The molecule has 3 unspecified atom stereocenters. The summed E-state index contributed by atoms with van der Waals surface area (Å²) in [6, 6.07) is 31.8. The second kappa shape index (κ2) is 14.4. The molecule has 0 aliphatic carbocycles. The summed E-state index contributed by atoms with van der Waals surface area (Å²) in [7, 11) is 3.18. The zero-order chi connectivity index (χ0) is 31.9. The van der Waals surface area contributed by atoms with Gasteiger partial charge in [0, 0.05) is 6.16 Å². The Labute approximate surface area is 263 Å². The Morgan fingerprint density at radius 2 is 0.909 bits per heavy atom. The molecule has 0 aliphatic heterocycles. The molecule has 5 nitrogen and oxygen atoms in total. The lowest BCUT2D eigenvalue weighted by Crippen LogP contribution is -2.21. The summed E-state index contributed by atoms with van der Waals surface area (Å²) in [5.41, 5.74) is 2.38. The summed E-state index contributed by atoms with van der Waals surface area (Å²) < 4.78 is 41.0. The summed E-state index contributed by atoms with van der Waals surface area (Å²) in [5, 5.41) is 0. The van der Waals surface area contributed by atoms with Gasteiger partial charge in [-0.05, 0) is 53.1 Å². The van der Waals surface area contributed by atoms with Crippen molar-refractivity contribution >= 4 is 7.14 Å². The average molecular weight is 615 g/mol. The second-order valence-electron chi connectivity index (χ2n) is 12.7. The number of benzene rings is 4.